The third-order valence-electron chi connectivity index (χ3n) is 4.33. The molecule has 0 aromatic heterocycles. The number of para-hydroxylation sites is 1. The molecule has 1 aliphatic heterocycles. The first-order valence-corrected chi connectivity index (χ1v) is 7.96. The third-order valence-corrected chi connectivity index (χ3v) is 4.33. The van der Waals surface area contributed by atoms with E-state index in [0.29, 0.717) is 11.1 Å². The lowest BCUT2D eigenvalue weighted by Gasteiger charge is -2.38. The van der Waals surface area contributed by atoms with Crippen LogP contribution in [0.2, 0.25) is 0 Å². The van der Waals surface area contributed by atoms with Crippen molar-refractivity contribution in [2.45, 2.75) is 31.4 Å². The predicted octanol–water partition coefficient (Wildman–Crippen LogP) is 4.31. The summed E-state index contributed by atoms with van der Waals surface area (Å²) < 4.78 is 40.8. The van der Waals surface area contributed by atoms with Crippen LogP contribution in [0.3, 0.4) is 0 Å². The van der Waals surface area contributed by atoms with Gasteiger partial charge in [-0.3, -0.25) is 4.79 Å². The lowest BCUT2D eigenvalue weighted by Crippen LogP contribution is -2.44. The fraction of sp³-hybridized carbons (Fsp3) is 0.278. The van der Waals surface area contributed by atoms with Gasteiger partial charge in [0.15, 0.2) is 0 Å². The quantitative estimate of drug-likeness (QED) is 0.898. The smallest absolute Gasteiger partial charge is 0.406 e. The van der Waals surface area contributed by atoms with E-state index in [1.54, 1.807) is 23.1 Å². The van der Waals surface area contributed by atoms with Gasteiger partial charge in [0.1, 0.15) is 11.9 Å². The number of ether oxygens (including phenoxy) is 1. The Bertz CT molecular complexity index is 801. The molecule has 1 amide bonds. The van der Waals surface area contributed by atoms with Crippen LogP contribution in [0.15, 0.2) is 48.5 Å². The van der Waals surface area contributed by atoms with Crippen molar-refractivity contribution in [3.8, 4) is 5.75 Å². The van der Waals surface area contributed by atoms with E-state index in [9.17, 15) is 18.0 Å². The summed E-state index contributed by atoms with van der Waals surface area (Å²) in [6, 6.07) is 13.0. The van der Waals surface area contributed by atoms with Crippen LogP contribution in [0.1, 0.15) is 34.9 Å². The Morgan fingerprint density at radius 3 is 2.36 bits per heavy atom. The molecule has 0 radical (unpaired) electrons. The summed E-state index contributed by atoms with van der Waals surface area (Å²) in [5, 5.41) is 3.32. The van der Waals surface area contributed by atoms with Crippen molar-refractivity contribution in [3.05, 3.63) is 59.7 Å². The molecule has 0 bridgehead atoms. The van der Waals surface area contributed by atoms with Crippen LogP contribution >= 0.6 is 0 Å². The topological polar surface area (TPSA) is 41.6 Å². The van der Waals surface area contributed by atoms with Gasteiger partial charge in [-0.15, -0.1) is 13.2 Å². The van der Waals surface area contributed by atoms with Crippen LogP contribution in [0.5, 0.6) is 5.75 Å². The van der Waals surface area contributed by atoms with Crippen molar-refractivity contribution < 1.29 is 22.7 Å². The van der Waals surface area contributed by atoms with Gasteiger partial charge in [-0.25, -0.2) is 0 Å². The Kier molecular flexibility index (Phi) is 3.59. The number of alkyl halides is 3. The van der Waals surface area contributed by atoms with Gasteiger partial charge in [0.05, 0.1) is 5.56 Å². The normalized spacial score (nSPS) is 20.0. The highest BCUT2D eigenvalue weighted by Crippen LogP contribution is 2.41. The summed E-state index contributed by atoms with van der Waals surface area (Å²) in [6.45, 7) is 0. The molecule has 25 heavy (non-hydrogen) atoms. The second-order valence-electron chi connectivity index (χ2n) is 6.15. The zero-order chi connectivity index (χ0) is 17.6. The van der Waals surface area contributed by atoms with Crippen molar-refractivity contribution >= 4 is 11.6 Å². The second kappa shape index (κ2) is 5.68. The molecule has 2 aliphatic rings. The second-order valence-corrected chi connectivity index (χ2v) is 6.15. The Balaban J connectivity index is 1.65. The molecule has 1 aliphatic carbocycles. The van der Waals surface area contributed by atoms with Gasteiger partial charge in [-0.05, 0) is 42.7 Å². The number of nitrogens with one attached hydrogen (secondary N) is 1. The molecule has 0 spiro atoms. The number of carbonyl (C=O) groups is 1. The van der Waals surface area contributed by atoms with Gasteiger partial charge in [0.25, 0.3) is 5.91 Å². The van der Waals surface area contributed by atoms with E-state index in [1.807, 2.05) is 18.2 Å². The fourth-order valence-electron chi connectivity index (χ4n) is 3.09. The summed E-state index contributed by atoms with van der Waals surface area (Å²) >= 11 is 0. The van der Waals surface area contributed by atoms with E-state index in [0.717, 1.165) is 18.5 Å². The number of halogens is 3. The number of anilines is 1. The summed E-state index contributed by atoms with van der Waals surface area (Å²) in [7, 11) is 0. The molecule has 1 saturated carbocycles. The highest BCUT2D eigenvalue weighted by Gasteiger charge is 2.42. The number of carbonyl (C=O) groups excluding carboxylic acids is 1. The molecule has 2 aromatic carbocycles. The van der Waals surface area contributed by atoms with E-state index in [1.165, 1.54) is 12.1 Å². The maximum Gasteiger partial charge on any atom is 0.573 e. The molecule has 0 saturated heterocycles. The molecule has 1 fully saturated rings. The molecule has 4 nitrogen and oxygen atoms in total. The van der Waals surface area contributed by atoms with Gasteiger partial charge in [0.2, 0.25) is 0 Å². The number of benzene rings is 2. The van der Waals surface area contributed by atoms with E-state index >= 15 is 0 Å². The van der Waals surface area contributed by atoms with Gasteiger partial charge in [-0.1, -0.05) is 24.3 Å². The molecule has 1 unspecified atom stereocenters. The largest absolute Gasteiger partial charge is 0.573 e. The molecule has 130 valence electrons. The zero-order valence-corrected chi connectivity index (χ0v) is 13.1. The first-order chi connectivity index (χ1) is 11.9. The highest BCUT2D eigenvalue weighted by atomic mass is 19.4. The lowest BCUT2D eigenvalue weighted by molar-refractivity contribution is -0.274. The SMILES string of the molecule is O=C1c2ccccc2NC(c2ccc(OC(F)(F)F)cc2)N1C1CC1. The first-order valence-electron chi connectivity index (χ1n) is 7.96. The number of nitrogens with zero attached hydrogens (tertiary/aromatic N) is 1. The van der Waals surface area contributed by atoms with Crippen molar-refractivity contribution in [1.29, 1.82) is 0 Å². The Morgan fingerprint density at radius 1 is 1.04 bits per heavy atom. The van der Waals surface area contributed by atoms with E-state index in [-0.39, 0.29) is 17.7 Å². The van der Waals surface area contributed by atoms with Crippen molar-refractivity contribution in [2.24, 2.45) is 0 Å². The van der Waals surface area contributed by atoms with E-state index < -0.39 is 12.5 Å². The molecule has 1 N–H and O–H groups in total. The van der Waals surface area contributed by atoms with Crippen LogP contribution in [0.4, 0.5) is 18.9 Å². The summed E-state index contributed by atoms with van der Waals surface area (Å²) in [6.07, 6.45) is -3.27. The molecule has 1 heterocycles. The van der Waals surface area contributed by atoms with Crippen LogP contribution in [0.25, 0.3) is 0 Å². The summed E-state index contributed by atoms with van der Waals surface area (Å²) in [4.78, 5) is 14.6. The molecule has 7 heteroatoms. The number of hydrogen-bond donors (Lipinski definition) is 1. The molecule has 1 atom stereocenters. The summed E-state index contributed by atoms with van der Waals surface area (Å²) in [5.41, 5.74) is 2.05. The van der Waals surface area contributed by atoms with Crippen LogP contribution in [0, 0.1) is 0 Å². The van der Waals surface area contributed by atoms with Gasteiger partial charge < -0.3 is 15.0 Å². The minimum atomic E-state index is -4.72. The van der Waals surface area contributed by atoms with Crippen molar-refractivity contribution in [3.63, 3.8) is 0 Å². The predicted molar refractivity (Wildman–Crippen MR) is 85.1 cm³/mol. The monoisotopic (exact) mass is 348 g/mol. The van der Waals surface area contributed by atoms with Crippen molar-refractivity contribution in [2.75, 3.05) is 5.32 Å². The fourth-order valence-corrected chi connectivity index (χ4v) is 3.09. The van der Waals surface area contributed by atoms with Crippen molar-refractivity contribution in [1.82, 2.24) is 4.90 Å². The van der Waals surface area contributed by atoms with Crippen LogP contribution in [-0.4, -0.2) is 23.2 Å². The lowest BCUT2D eigenvalue weighted by atomic mass is 10.0. The van der Waals surface area contributed by atoms with Gasteiger partial charge in [-0.2, -0.15) is 0 Å². The molecular formula is C18H15F3N2O2. The van der Waals surface area contributed by atoms with Gasteiger partial charge in [0, 0.05) is 11.7 Å². The number of hydrogen-bond acceptors (Lipinski definition) is 3. The number of fused-ring (bicyclic) bond motifs is 1. The zero-order valence-electron chi connectivity index (χ0n) is 13.1. The minimum Gasteiger partial charge on any atom is -0.406 e. The maximum absolute atomic E-state index is 12.8. The van der Waals surface area contributed by atoms with Crippen LogP contribution in [-0.2, 0) is 0 Å². The first kappa shape index (κ1) is 15.8. The van der Waals surface area contributed by atoms with E-state index in [2.05, 4.69) is 10.1 Å². The molecule has 4 rings (SSSR count). The Hall–Kier alpha value is -2.70. The summed E-state index contributed by atoms with van der Waals surface area (Å²) in [5.74, 6) is -0.339. The number of rotatable bonds is 3. The number of amides is 1. The van der Waals surface area contributed by atoms with Crippen LogP contribution < -0.4 is 10.1 Å². The Morgan fingerprint density at radius 2 is 1.72 bits per heavy atom. The van der Waals surface area contributed by atoms with Gasteiger partial charge >= 0.3 is 6.36 Å². The standard InChI is InChI=1S/C18H15F3N2O2/c19-18(20,21)25-13-9-5-11(6-10-13)16-22-15-4-2-1-3-14(15)17(24)23(16)12-7-8-12/h1-6,9-10,12,16,22H,7-8H2. The highest BCUT2D eigenvalue weighted by molar-refractivity contribution is 6.02. The Labute approximate surface area is 142 Å². The average molecular weight is 348 g/mol. The van der Waals surface area contributed by atoms with E-state index in [4.69, 9.17) is 0 Å². The minimum absolute atomic E-state index is 0.0579. The third kappa shape index (κ3) is 3.14. The average Bonchev–Trinajstić information content (AvgIpc) is 3.39. The molecule has 2 aromatic rings. The molecular weight excluding hydrogens is 333 g/mol. The maximum atomic E-state index is 12.8.